The van der Waals surface area contributed by atoms with Crippen molar-refractivity contribution in [2.45, 2.75) is 13.0 Å². The van der Waals surface area contributed by atoms with Crippen LogP contribution in [-0.2, 0) is 0 Å². The highest BCUT2D eigenvalue weighted by Gasteiger charge is 2.05. The van der Waals surface area contributed by atoms with Gasteiger partial charge in [0.25, 0.3) is 0 Å². The van der Waals surface area contributed by atoms with E-state index in [2.05, 4.69) is 20.9 Å². The van der Waals surface area contributed by atoms with E-state index in [1.54, 1.807) is 6.20 Å². The summed E-state index contributed by atoms with van der Waals surface area (Å²) in [6, 6.07) is 1.77. The maximum Gasteiger partial charge on any atom is 0.106 e. The zero-order valence-corrected chi connectivity index (χ0v) is 8.35. The average molecular weight is 236 g/mol. The summed E-state index contributed by atoms with van der Waals surface area (Å²) < 4.78 is 0.759. The lowest BCUT2D eigenvalue weighted by Crippen LogP contribution is -2.05. The predicted octanol–water partition coefficient (Wildman–Crippen LogP) is 2.52. The molecule has 0 saturated heterocycles. The van der Waals surface area contributed by atoms with Crippen LogP contribution in [0.2, 0.25) is 5.02 Å². The van der Waals surface area contributed by atoms with Crippen molar-refractivity contribution in [3.63, 3.8) is 0 Å². The molecule has 1 aromatic rings. The summed E-state index contributed by atoms with van der Waals surface area (Å²) in [5.41, 5.74) is 6.56. The summed E-state index contributed by atoms with van der Waals surface area (Å²) in [6.07, 6.45) is 1.59. The van der Waals surface area contributed by atoms with Gasteiger partial charge in [0.1, 0.15) is 4.60 Å². The number of hydrogen-bond acceptors (Lipinski definition) is 2. The summed E-state index contributed by atoms with van der Waals surface area (Å²) in [6.45, 7) is 1.88. The van der Waals surface area contributed by atoms with Gasteiger partial charge in [-0.15, -0.1) is 0 Å². The molecule has 2 N–H and O–H groups in total. The summed E-state index contributed by atoms with van der Waals surface area (Å²) in [5.74, 6) is 0. The Morgan fingerprint density at radius 1 is 1.73 bits per heavy atom. The number of hydrogen-bond donors (Lipinski definition) is 1. The molecule has 0 aliphatic rings. The van der Waals surface area contributed by atoms with E-state index in [0.29, 0.717) is 5.02 Å². The number of nitrogens with two attached hydrogens (primary N) is 1. The van der Waals surface area contributed by atoms with Crippen molar-refractivity contribution in [3.8, 4) is 0 Å². The standard InChI is InChI=1S/C7H8BrClN2/c1-4(10)5-2-7(8)11-3-6(5)9/h2-4H,10H2,1H3/t4-/m0/s1. The quantitative estimate of drug-likeness (QED) is 0.760. The number of halogens is 2. The van der Waals surface area contributed by atoms with Crippen molar-refractivity contribution in [3.05, 3.63) is 27.5 Å². The van der Waals surface area contributed by atoms with Crippen LogP contribution < -0.4 is 5.73 Å². The zero-order chi connectivity index (χ0) is 8.43. The minimum atomic E-state index is -0.0539. The van der Waals surface area contributed by atoms with Crippen LogP contribution in [0.3, 0.4) is 0 Å². The Morgan fingerprint density at radius 2 is 2.36 bits per heavy atom. The lowest BCUT2D eigenvalue weighted by Gasteiger charge is -2.06. The molecule has 0 aromatic carbocycles. The van der Waals surface area contributed by atoms with Gasteiger partial charge in [0, 0.05) is 12.2 Å². The van der Waals surface area contributed by atoms with E-state index in [9.17, 15) is 0 Å². The molecule has 0 aliphatic carbocycles. The topological polar surface area (TPSA) is 38.9 Å². The molecular weight excluding hydrogens is 227 g/mol. The highest BCUT2D eigenvalue weighted by molar-refractivity contribution is 9.10. The molecule has 1 heterocycles. The van der Waals surface area contributed by atoms with E-state index < -0.39 is 0 Å². The largest absolute Gasteiger partial charge is 0.324 e. The molecule has 0 fully saturated rings. The smallest absolute Gasteiger partial charge is 0.106 e. The maximum atomic E-state index is 5.83. The van der Waals surface area contributed by atoms with Gasteiger partial charge < -0.3 is 5.73 Å². The number of rotatable bonds is 1. The number of pyridine rings is 1. The molecule has 11 heavy (non-hydrogen) atoms. The minimum absolute atomic E-state index is 0.0539. The van der Waals surface area contributed by atoms with Crippen LogP contribution >= 0.6 is 27.5 Å². The van der Waals surface area contributed by atoms with Gasteiger partial charge in [-0.2, -0.15) is 0 Å². The van der Waals surface area contributed by atoms with Gasteiger partial charge in [-0.1, -0.05) is 11.6 Å². The third-order valence-electron chi connectivity index (χ3n) is 1.34. The Morgan fingerprint density at radius 3 is 2.82 bits per heavy atom. The highest BCUT2D eigenvalue weighted by atomic mass is 79.9. The first-order valence-electron chi connectivity index (χ1n) is 3.18. The molecule has 1 aromatic heterocycles. The summed E-state index contributed by atoms with van der Waals surface area (Å²) >= 11 is 9.07. The molecule has 0 saturated carbocycles. The lowest BCUT2D eigenvalue weighted by molar-refractivity contribution is 0.814. The Hall–Kier alpha value is -0.120. The van der Waals surface area contributed by atoms with Gasteiger partial charge in [0.05, 0.1) is 5.02 Å². The van der Waals surface area contributed by atoms with Crippen LogP contribution in [-0.4, -0.2) is 4.98 Å². The van der Waals surface area contributed by atoms with Gasteiger partial charge in [0.2, 0.25) is 0 Å². The molecule has 0 amide bonds. The first-order chi connectivity index (χ1) is 5.11. The van der Waals surface area contributed by atoms with Crippen LogP contribution in [0.1, 0.15) is 18.5 Å². The van der Waals surface area contributed by atoms with Crippen LogP contribution in [0.25, 0.3) is 0 Å². The fourth-order valence-electron chi connectivity index (χ4n) is 0.776. The average Bonchev–Trinajstić information content (AvgIpc) is 1.94. The molecule has 1 rings (SSSR count). The van der Waals surface area contributed by atoms with E-state index in [1.165, 1.54) is 0 Å². The molecule has 0 unspecified atom stereocenters. The summed E-state index contributed by atoms with van der Waals surface area (Å²) in [4.78, 5) is 3.95. The molecule has 1 atom stereocenters. The number of nitrogens with zero attached hydrogens (tertiary/aromatic N) is 1. The van der Waals surface area contributed by atoms with Crippen LogP contribution in [0.5, 0.6) is 0 Å². The fourth-order valence-corrected chi connectivity index (χ4v) is 1.40. The van der Waals surface area contributed by atoms with Crippen molar-refractivity contribution in [1.29, 1.82) is 0 Å². The second-order valence-corrected chi connectivity index (χ2v) is 3.54. The summed E-state index contributed by atoms with van der Waals surface area (Å²) in [7, 11) is 0. The van der Waals surface area contributed by atoms with Crippen LogP contribution in [0, 0.1) is 0 Å². The molecule has 0 radical (unpaired) electrons. The highest BCUT2D eigenvalue weighted by Crippen LogP contribution is 2.22. The van der Waals surface area contributed by atoms with Crippen molar-refractivity contribution in [1.82, 2.24) is 4.98 Å². The van der Waals surface area contributed by atoms with Crippen molar-refractivity contribution in [2.24, 2.45) is 5.73 Å². The molecule has 0 bridgehead atoms. The van der Waals surface area contributed by atoms with Gasteiger partial charge in [-0.05, 0) is 34.5 Å². The SMILES string of the molecule is C[C@H](N)c1cc(Br)ncc1Cl. The van der Waals surface area contributed by atoms with Crippen molar-refractivity contribution in [2.75, 3.05) is 0 Å². The second-order valence-electron chi connectivity index (χ2n) is 2.32. The summed E-state index contributed by atoms with van der Waals surface area (Å²) in [5, 5.41) is 0.614. The van der Waals surface area contributed by atoms with Gasteiger partial charge in [-0.25, -0.2) is 4.98 Å². The van der Waals surface area contributed by atoms with Crippen molar-refractivity contribution < 1.29 is 0 Å². The van der Waals surface area contributed by atoms with E-state index in [1.807, 2.05) is 13.0 Å². The van der Waals surface area contributed by atoms with Crippen LogP contribution in [0.4, 0.5) is 0 Å². The first kappa shape index (κ1) is 8.97. The van der Waals surface area contributed by atoms with E-state index >= 15 is 0 Å². The first-order valence-corrected chi connectivity index (χ1v) is 4.35. The lowest BCUT2D eigenvalue weighted by atomic mass is 10.1. The van der Waals surface area contributed by atoms with E-state index in [4.69, 9.17) is 17.3 Å². The third-order valence-corrected chi connectivity index (χ3v) is 2.09. The predicted molar refractivity (Wildman–Crippen MR) is 49.5 cm³/mol. The Balaban J connectivity index is 3.13. The van der Waals surface area contributed by atoms with Gasteiger partial charge in [-0.3, -0.25) is 0 Å². The molecule has 0 spiro atoms. The maximum absolute atomic E-state index is 5.83. The molecule has 4 heteroatoms. The molecule has 60 valence electrons. The minimum Gasteiger partial charge on any atom is -0.324 e. The normalized spacial score (nSPS) is 13.1. The monoisotopic (exact) mass is 234 g/mol. The van der Waals surface area contributed by atoms with Gasteiger partial charge in [0.15, 0.2) is 0 Å². The Kier molecular flexibility index (Phi) is 2.87. The zero-order valence-electron chi connectivity index (χ0n) is 6.01. The van der Waals surface area contributed by atoms with Crippen molar-refractivity contribution >= 4 is 27.5 Å². The van der Waals surface area contributed by atoms with Crippen LogP contribution in [0.15, 0.2) is 16.9 Å². The number of aromatic nitrogens is 1. The van der Waals surface area contributed by atoms with E-state index in [-0.39, 0.29) is 6.04 Å². The Bertz CT molecular complexity index is 263. The third kappa shape index (κ3) is 2.15. The fraction of sp³-hybridized carbons (Fsp3) is 0.286. The van der Waals surface area contributed by atoms with Gasteiger partial charge >= 0.3 is 0 Å². The molecule has 0 aliphatic heterocycles. The van der Waals surface area contributed by atoms with E-state index in [0.717, 1.165) is 10.2 Å². The molecular formula is C7H8BrClN2. The Labute approximate surface area is 78.9 Å². The molecule has 2 nitrogen and oxygen atoms in total. The second kappa shape index (κ2) is 3.52.